The first kappa shape index (κ1) is 32.3. The number of aliphatic hydroxyl groups is 1. The van der Waals surface area contributed by atoms with Gasteiger partial charge >= 0.3 is 6.01 Å². The summed E-state index contributed by atoms with van der Waals surface area (Å²) in [6.45, 7) is 7.64. The van der Waals surface area contributed by atoms with Crippen LogP contribution in [0.1, 0.15) is 51.5 Å². The first-order valence-electron chi connectivity index (χ1n) is 17.5. The van der Waals surface area contributed by atoms with Crippen LogP contribution in [0.5, 0.6) is 11.8 Å². The van der Waals surface area contributed by atoms with Crippen molar-refractivity contribution in [3.8, 4) is 23.0 Å². The second-order valence-electron chi connectivity index (χ2n) is 14.2. The zero-order chi connectivity index (χ0) is 33.9. The number of fused-ring (bicyclic) bond motifs is 5. The standard InChI is InChI=1S/C38H43F2N5O4/c1-4-22-15-38(9-6-10-45(38)18-22)20-48-37-42-35-29(36(43-37)44-17-23-11-25(19-44)31(46)12-23)16-41-34(33(35)40)28-14-26(49-21-47-3)13-24-7-8-30(39)27(5-2)32(24)28/h4,7-8,13-14,16,23,25,31,46H,5-6,9-12,15,17-21H2,1-3H3/b22-4+/t23-,25-,31-,38?/m1/s1. The van der Waals surface area contributed by atoms with E-state index in [-0.39, 0.29) is 47.4 Å². The molecule has 3 aliphatic heterocycles. The fourth-order valence-corrected chi connectivity index (χ4v) is 8.92. The monoisotopic (exact) mass is 671 g/mol. The number of hydrogen-bond acceptors (Lipinski definition) is 9. The molecule has 1 N–H and O–H groups in total. The molecule has 1 aliphatic carbocycles. The molecular weight excluding hydrogens is 628 g/mol. The Kier molecular flexibility index (Phi) is 8.40. The van der Waals surface area contributed by atoms with Crippen LogP contribution in [0.2, 0.25) is 0 Å². The number of halogens is 2. The zero-order valence-electron chi connectivity index (χ0n) is 28.3. The van der Waals surface area contributed by atoms with Gasteiger partial charge in [0, 0.05) is 44.4 Å². The molecule has 4 aliphatic rings. The van der Waals surface area contributed by atoms with E-state index in [4.69, 9.17) is 24.2 Å². The average molecular weight is 672 g/mol. The number of aromatic nitrogens is 3. The van der Waals surface area contributed by atoms with Gasteiger partial charge in [-0.25, -0.2) is 8.78 Å². The molecule has 4 fully saturated rings. The van der Waals surface area contributed by atoms with Crippen molar-refractivity contribution in [1.82, 2.24) is 19.9 Å². The Balaban J connectivity index is 1.27. The molecule has 2 aromatic carbocycles. The van der Waals surface area contributed by atoms with Gasteiger partial charge in [0.1, 0.15) is 35.2 Å². The molecule has 0 spiro atoms. The fraction of sp³-hybridized carbons (Fsp3) is 0.500. The minimum atomic E-state index is -0.639. The molecule has 2 aromatic heterocycles. The molecule has 1 unspecified atom stereocenters. The van der Waals surface area contributed by atoms with Crippen LogP contribution >= 0.6 is 0 Å². The van der Waals surface area contributed by atoms with Gasteiger partial charge in [-0.05, 0) is 92.4 Å². The normalized spacial score (nSPS) is 26.0. The van der Waals surface area contributed by atoms with Crippen molar-refractivity contribution in [3.63, 3.8) is 0 Å². The predicted octanol–water partition coefficient (Wildman–Crippen LogP) is 6.44. The molecule has 3 saturated heterocycles. The van der Waals surface area contributed by atoms with Crippen LogP contribution in [0, 0.1) is 23.5 Å². The number of piperidine rings is 1. The van der Waals surface area contributed by atoms with Crippen molar-refractivity contribution in [2.24, 2.45) is 11.8 Å². The van der Waals surface area contributed by atoms with Crippen LogP contribution in [0.3, 0.4) is 0 Å². The van der Waals surface area contributed by atoms with Gasteiger partial charge in [-0.3, -0.25) is 9.88 Å². The van der Waals surface area contributed by atoms with E-state index >= 15 is 8.78 Å². The first-order chi connectivity index (χ1) is 23.8. The molecule has 4 atom stereocenters. The maximum Gasteiger partial charge on any atom is 0.319 e. The van der Waals surface area contributed by atoms with Crippen LogP contribution in [0.4, 0.5) is 14.6 Å². The van der Waals surface area contributed by atoms with Crippen molar-refractivity contribution in [1.29, 1.82) is 0 Å². The highest BCUT2D eigenvalue weighted by atomic mass is 19.1. The summed E-state index contributed by atoms with van der Waals surface area (Å²) in [4.78, 5) is 19.0. The summed E-state index contributed by atoms with van der Waals surface area (Å²) in [6.07, 6.45) is 8.65. The maximum atomic E-state index is 17.2. The third kappa shape index (κ3) is 5.60. The van der Waals surface area contributed by atoms with Crippen molar-refractivity contribution >= 4 is 27.5 Å². The summed E-state index contributed by atoms with van der Waals surface area (Å²) in [5.74, 6) is 0.459. The molecule has 0 radical (unpaired) electrons. The smallest absolute Gasteiger partial charge is 0.319 e. The minimum Gasteiger partial charge on any atom is -0.468 e. The van der Waals surface area contributed by atoms with Crippen LogP contribution in [0.15, 0.2) is 42.1 Å². The number of ether oxygens (including phenoxy) is 3. The van der Waals surface area contributed by atoms with E-state index in [1.165, 1.54) is 18.7 Å². The second kappa shape index (κ2) is 12.8. The number of hydrogen-bond donors (Lipinski definition) is 1. The van der Waals surface area contributed by atoms with Crippen LogP contribution in [-0.2, 0) is 11.2 Å². The third-order valence-electron chi connectivity index (χ3n) is 11.3. The second-order valence-corrected chi connectivity index (χ2v) is 14.2. The van der Waals surface area contributed by atoms with Gasteiger partial charge in [0.2, 0.25) is 0 Å². The summed E-state index contributed by atoms with van der Waals surface area (Å²) in [6, 6.07) is 6.71. The van der Waals surface area contributed by atoms with Crippen molar-refractivity contribution in [3.05, 3.63) is 59.3 Å². The number of nitrogens with zero attached hydrogens (tertiary/aromatic N) is 5. The molecule has 8 rings (SSSR count). The molecule has 9 nitrogen and oxygen atoms in total. The molecule has 258 valence electrons. The molecule has 0 amide bonds. The van der Waals surface area contributed by atoms with Crippen molar-refractivity contribution < 1.29 is 28.1 Å². The highest BCUT2D eigenvalue weighted by Crippen LogP contribution is 2.44. The third-order valence-corrected chi connectivity index (χ3v) is 11.3. The van der Waals surface area contributed by atoms with Gasteiger partial charge in [0.15, 0.2) is 12.6 Å². The van der Waals surface area contributed by atoms with E-state index < -0.39 is 5.82 Å². The van der Waals surface area contributed by atoms with Gasteiger partial charge in [0.25, 0.3) is 0 Å². The van der Waals surface area contributed by atoms with Crippen LogP contribution in [0.25, 0.3) is 32.9 Å². The summed E-state index contributed by atoms with van der Waals surface area (Å²) in [7, 11) is 1.53. The van der Waals surface area contributed by atoms with E-state index in [1.807, 2.05) is 6.92 Å². The van der Waals surface area contributed by atoms with E-state index in [9.17, 15) is 5.11 Å². The number of aliphatic hydroxyl groups excluding tert-OH is 1. The van der Waals surface area contributed by atoms with Gasteiger partial charge in [0.05, 0.1) is 17.0 Å². The summed E-state index contributed by atoms with van der Waals surface area (Å²) in [5.41, 5.74) is 2.29. The Bertz CT molecular complexity index is 1950. The maximum absolute atomic E-state index is 17.2. The lowest BCUT2D eigenvalue weighted by atomic mass is 9.93. The number of benzene rings is 2. The number of anilines is 1. The molecule has 2 bridgehead atoms. The average Bonchev–Trinajstić information content (AvgIpc) is 3.75. The van der Waals surface area contributed by atoms with Gasteiger partial charge < -0.3 is 24.2 Å². The first-order valence-corrected chi connectivity index (χ1v) is 17.5. The lowest BCUT2D eigenvalue weighted by Crippen LogP contribution is -2.43. The summed E-state index contributed by atoms with van der Waals surface area (Å²) < 4.78 is 49.8. The topological polar surface area (TPSA) is 93.1 Å². The fourth-order valence-electron chi connectivity index (χ4n) is 8.92. The molecule has 49 heavy (non-hydrogen) atoms. The Morgan fingerprint density at radius 3 is 2.80 bits per heavy atom. The van der Waals surface area contributed by atoms with Gasteiger partial charge in [-0.15, -0.1) is 0 Å². The minimum absolute atomic E-state index is 0.00132. The Hall–Kier alpha value is -3.93. The van der Waals surface area contributed by atoms with Gasteiger partial charge in [-0.2, -0.15) is 9.97 Å². The predicted molar refractivity (Wildman–Crippen MR) is 184 cm³/mol. The molecule has 11 heteroatoms. The largest absolute Gasteiger partial charge is 0.468 e. The Labute approximate surface area is 284 Å². The van der Waals surface area contributed by atoms with Gasteiger partial charge in [-0.1, -0.05) is 24.6 Å². The lowest BCUT2D eigenvalue weighted by molar-refractivity contribution is 0.0512. The molecule has 5 heterocycles. The quantitative estimate of drug-likeness (QED) is 0.160. The summed E-state index contributed by atoms with van der Waals surface area (Å²) in [5, 5.41) is 12.4. The lowest BCUT2D eigenvalue weighted by Gasteiger charge is -2.34. The van der Waals surface area contributed by atoms with E-state index in [2.05, 4.69) is 27.8 Å². The van der Waals surface area contributed by atoms with Crippen molar-refractivity contribution in [2.45, 2.75) is 64.0 Å². The van der Waals surface area contributed by atoms with E-state index in [1.54, 1.807) is 24.4 Å². The van der Waals surface area contributed by atoms with Crippen molar-refractivity contribution in [2.75, 3.05) is 51.6 Å². The molecular formula is C38H43F2N5O4. The number of aryl methyl sites for hydroxylation is 1. The SMILES string of the molecule is C/C=C1/CN2CCCC2(COc2nc(N3C[C@@H]4C[C@H](C3)[C@H](O)C4)c3cnc(-c4cc(OCOC)cc5ccc(F)c(CC)c45)c(F)c3n2)C1. The molecule has 4 aromatic rings. The summed E-state index contributed by atoms with van der Waals surface area (Å²) >= 11 is 0. The highest BCUT2D eigenvalue weighted by Gasteiger charge is 2.47. The zero-order valence-corrected chi connectivity index (χ0v) is 28.3. The number of pyridine rings is 1. The number of rotatable bonds is 9. The number of allylic oxidation sites excluding steroid dienone is 1. The van der Waals surface area contributed by atoms with E-state index in [0.29, 0.717) is 70.9 Å². The number of methoxy groups -OCH3 is 1. The van der Waals surface area contributed by atoms with Crippen LogP contribution < -0.4 is 14.4 Å². The Morgan fingerprint density at radius 1 is 1.12 bits per heavy atom. The highest BCUT2D eigenvalue weighted by molar-refractivity contribution is 6.01. The Morgan fingerprint density at radius 2 is 2.00 bits per heavy atom. The molecule has 1 saturated carbocycles. The van der Waals surface area contributed by atoms with Crippen LogP contribution in [-0.4, -0.2) is 83.3 Å². The van der Waals surface area contributed by atoms with E-state index in [0.717, 1.165) is 45.2 Å².